The average molecular weight is 232 g/mol. The first kappa shape index (κ1) is 13.0. The molecule has 0 heterocycles. The summed E-state index contributed by atoms with van der Waals surface area (Å²) in [6.45, 7) is 6.97. The smallest absolute Gasteiger partial charge is 0.317 e. The molecular formula is C11H21NO4. The predicted octanol–water partition coefficient (Wildman–Crippen LogP) is 1.28. The lowest BCUT2D eigenvalue weighted by molar-refractivity contribution is -0.154. The third-order valence-electron chi connectivity index (χ3n) is 2.69. The van der Waals surface area contributed by atoms with Crippen molar-refractivity contribution in [3.8, 4) is 0 Å². The van der Waals surface area contributed by atoms with Gasteiger partial charge in [-0.25, -0.2) is 0 Å². The zero-order valence-corrected chi connectivity index (χ0v) is 9.94. The van der Waals surface area contributed by atoms with Crippen molar-refractivity contribution in [2.75, 3.05) is 19.6 Å². The Morgan fingerprint density at radius 3 is 2.31 bits per heavy atom. The number of carboxylic acids is 2. The maximum absolute atomic E-state index is 11.0. The fourth-order valence-electron chi connectivity index (χ4n) is 1.57. The van der Waals surface area contributed by atoms with E-state index < -0.39 is 17.9 Å². The van der Waals surface area contributed by atoms with Gasteiger partial charge in [0.25, 0.3) is 1.43 Å². The molecule has 0 aromatic heterocycles. The molecular weight excluding hydrogens is 210 g/mol. The van der Waals surface area contributed by atoms with Crippen LogP contribution in [0.1, 0.15) is 33.1 Å². The van der Waals surface area contributed by atoms with Crippen LogP contribution in [0.15, 0.2) is 0 Å². The van der Waals surface area contributed by atoms with Crippen LogP contribution in [0.4, 0.5) is 0 Å². The van der Waals surface area contributed by atoms with E-state index in [2.05, 4.69) is 23.9 Å². The Labute approximate surface area is 97.6 Å². The molecule has 5 heteroatoms. The summed E-state index contributed by atoms with van der Waals surface area (Å²) in [5.74, 6) is -3.41. The minimum atomic E-state index is -1.22. The van der Waals surface area contributed by atoms with Gasteiger partial charge in [0.2, 0.25) is 0 Å². The summed E-state index contributed by atoms with van der Waals surface area (Å²) in [6.07, 6.45) is 1.72. The van der Waals surface area contributed by atoms with E-state index in [1.807, 2.05) is 0 Å². The summed E-state index contributed by atoms with van der Waals surface area (Å²) < 4.78 is 6.42. The highest BCUT2D eigenvalue weighted by Gasteiger charge is 2.24. The maximum atomic E-state index is 11.0. The molecule has 5 nitrogen and oxygen atoms in total. The molecule has 1 unspecified atom stereocenters. The number of hydrogen-bond donors (Lipinski definition) is 2. The van der Waals surface area contributed by atoms with Gasteiger partial charge in [-0.05, 0) is 32.5 Å². The zero-order chi connectivity index (χ0) is 13.3. The molecule has 94 valence electrons. The molecule has 16 heavy (non-hydrogen) atoms. The van der Waals surface area contributed by atoms with Crippen LogP contribution in [0.2, 0.25) is 0 Å². The largest absolute Gasteiger partial charge is 0.481 e. The average Bonchev–Trinajstić information content (AvgIpc) is 2.32. The summed E-state index contributed by atoms with van der Waals surface area (Å²) in [5, 5.41) is 12.5. The predicted molar refractivity (Wildman–Crippen MR) is 60.4 cm³/mol. The summed E-state index contributed by atoms with van der Waals surface area (Å²) >= 11 is 0. The monoisotopic (exact) mass is 232 g/mol. The number of nitrogens with zero attached hydrogens (tertiary/aromatic N) is 1. The Kier molecular flexibility index (Phi) is 6.56. The van der Waals surface area contributed by atoms with Crippen LogP contribution in [0, 0.1) is 5.92 Å². The Bertz CT molecular complexity index is 244. The van der Waals surface area contributed by atoms with Crippen molar-refractivity contribution < 1.29 is 19.8 Å². The van der Waals surface area contributed by atoms with E-state index in [1.54, 1.807) is 0 Å². The molecule has 0 aliphatic heterocycles. The molecule has 0 fully saturated rings. The van der Waals surface area contributed by atoms with Crippen molar-refractivity contribution in [3.05, 3.63) is 0 Å². The van der Waals surface area contributed by atoms with Crippen LogP contribution in [-0.4, -0.2) is 46.7 Å². The van der Waals surface area contributed by atoms with Crippen molar-refractivity contribution >= 4 is 11.9 Å². The summed E-state index contributed by atoms with van der Waals surface area (Å²) in [4.78, 5) is 24.0. The van der Waals surface area contributed by atoms with Crippen LogP contribution < -0.4 is 0 Å². The van der Waals surface area contributed by atoms with E-state index in [0.717, 1.165) is 26.1 Å². The second-order valence-corrected chi connectivity index (χ2v) is 3.73. The highest BCUT2D eigenvalue weighted by molar-refractivity contribution is 5.92. The minimum absolute atomic E-state index is 0.230. The lowest BCUT2D eigenvalue weighted by atomic mass is 10.0. The van der Waals surface area contributed by atoms with Crippen LogP contribution in [0.3, 0.4) is 0 Å². The van der Waals surface area contributed by atoms with Crippen molar-refractivity contribution in [1.82, 2.24) is 4.90 Å². The molecule has 2 N–H and O–H groups in total. The van der Waals surface area contributed by atoms with Crippen LogP contribution in [0.25, 0.3) is 1.43 Å². The molecule has 0 aliphatic carbocycles. The molecule has 0 saturated carbocycles. The number of unbranched alkanes of at least 4 members (excludes halogenated alkanes) is 1. The SMILES string of the molecule is [2H]OC(=O)C(CCCCN(CC)CC)C(=O)O. The van der Waals surface area contributed by atoms with E-state index in [0.29, 0.717) is 6.42 Å². The molecule has 0 radical (unpaired) electrons. The number of aliphatic carboxylic acids is 2. The summed E-state index contributed by atoms with van der Waals surface area (Å²) in [7, 11) is 0. The Morgan fingerprint density at radius 1 is 1.25 bits per heavy atom. The van der Waals surface area contributed by atoms with Gasteiger partial charge in [0.1, 0.15) is 0 Å². The van der Waals surface area contributed by atoms with Crippen molar-refractivity contribution in [1.29, 1.82) is 1.43 Å². The number of hydrogen-bond acceptors (Lipinski definition) is 4. The summed E-state index contributed by atoms with van der Waals surface area (Å²) in [6, 6.07) is 0. The van der Waals surface area contributed by atoms with E-state index >= 15 is 0 Å². The molecule has 0 amide bonds. The van der Waals surface area contributed by atoms with Gasteiger partial charge < -0.3 is 15.1 Å². The molecule has 0 saturated heterocycles. The number of rotatable bonds is 9. The van der Waals surface area contributed by atoms with Crippen LogP contribution >= 0.6 is 0 Å². The topological polar surface area (TPSA) is 77.8 Å². The molecule has 0 aliphatic rings. The van der Waals surface area contributed by atoms with Gasteiger partial charge in [0.15, 0.2) is 5.92 Å². The number of carboxylic acid groups (broad SMARTS) is 2. The van der Waals surface area contributed by atoms with E-state index in [1.165, 1.54) is 0 Å². The Hall–Kier alpha value is -1.10. The summed E-state index contributed by atoms with van der Waals surface area (Å²) in [5.41, 5.74) is 0. The van der Waals surface area contributed by atoms with Crippen molar-refractivity contribution in [3.63, 3.8) is 0 Å². The second-order valence-electron chi connectivity index (χ2n) is 3.73. The third kappa shape index (κ3) is 5.70. The molecule has 0 aromatic carbocycles. The first-order chi connectivity index (χ1) is 8.06. The molecule has 0 aromatic rings. The van der Waals surface area contributed by atoms with Gasteiger partial charge in [-0.3, -0.25) is 9.59 Å². The number of carbonyl (C=O) groups is 2. The second kappa shape index (κ2) is 8.10. The molecule has 0 rings (SSSR count). The van der Waals surface area contributed by atoms with E-state index in [9.17, 15) is 9.59 Å². The molecule has 1 atom stereocenters. The normalized spacial score (nSPS) is 13.3. The Balaban J connectivity index is 3.91. The van der Waals surface area contributed by atoms with Gasteiger partial charge in [-0.15, -0.1) is 0 Å². The fraction of sp³-hybridized carbons (Fsp3) is 0.818. The fourth-order valence-corrected chi connectivity index (χ4v) is 1.57. The molecule has 0 spiro atoms. The van der Waals surface area contributed by atoms with Crippen molar-refractivity contribution in [2.45, 2.75) is 33.1 Å². The van der Waals surface area contributed by atoms with Crippen LogP contribution in [0.5, 0.6) is 0 Å². The highest BCUT2D eigenvalue weighted by Crippen LogP contribution is 2.09. The highest BCUT2D eigenvalue weighted by atomic mass is 16.4. The Morgan fingerprint density at radius 2 is 1.88 bits per heavy atom. The minimum Gasteiger partial charge on any atom is -0.481 e. The van der Waals surface area contributed by atoms with E-state index in [-0.39, 0.29) is 6.42 Å². The first-order valence-corrected chi connectivity index (χ1v) is 5.68. The van der Waals surface area contributed by atoms with Gasteiger partial charge in [-0.2, -0.15) is 0 Å². The zero-order valence-electron chi connectivity index (χ0n) is 10.9. The molecule has 0 bridgehead atoms. The third-order valence-corrected chi connectivity index (χ3v) is 2.69. The van der Waals surface area contributed by atoms with Gasteiger partial charge in [-0.1, -0.05) is 20.3 Å². The van der Waals surface area contributed by atoms with Crippen molar-refractivity contribution in [2.24, 2.45) is 5.92 Å². The van der Waals surface area contributed by atoms with E-state index in [4.69, 9.17) is 6.54 Å². The standard InChI is InChI=1S/C11H21NO4/c1-3-12(4-2)8-6-5-7-9(10(13)14)11(15)16/h9H,3-8H2,1-2H3,(H,13,14)(H,15,16)/i/hD. The first-order valence-electron chi connectivity index (χ1n) is 6.09. The van der Waals surface area contributed by atoms with Crippen LogP contribution in [-0.2, 0) is 9.59 Å². The van der Waals surface area contributed by atoms with Gasteiger partial charge in [0, 0.05) is 0 Å². The lowest BCUT2D eigenvalue weighted by Crippen LogP contribution is -2.25. The quantitative estimate of drug-likeness (QED) is 0.462. The van der Waals surface area contributed by atoms with Gasteiger partial charge >= 0.3 is 11.9 Å². The lowest BCUT2D eigenvalue weighted by Gasteiger charge is -2.17. The van der Waals surface area contributed by atoms with Gasteiger partial charge in [0.05, 0.1) is 0 Å². The maximum Gasteiger partial charge on any atom is 0.317 e.